The van der Waals surface area contributed by atoms with Gasteiger partial charge in [0.15, 0.2) is 5.82 Å². The fourth-order valence-electron chi connectivity index (χ4n) is 4.78. The van der Waals surface area contributed by atoms with Crippen LogP contribution in [0.5, 0.6) is 0 Å². The van der Waals surface area contributed by atoms with Crippen molar-refractivity contribution in [2.45, 2.75) is 31.1 Å². The quantitative estimate of drug-likeness (QED) is 0.531. The molecule has 5 rings (SSSR count). The molecule has 184 valence electrons. The minimum Gasteiger partial charge on any atom is -0.368 e. The monoisotopic (exact) mass is 495 g/mol. The molecule has 0 atom stereocenters. The van der Waals surface area contributed by atoms with Gasteiger partial charge in [0, 0.05) is 50.5 Å². The van der Waals surface area contributed by atoms with Crippen LogP contribution in [-0.4, -0.2) is 62.2 Å². The lowest BCUT2D eigenvalue weighted by Crippen LogP contribution is -2.46. The van der Waals surface area contributed by atoms with E-state index in [1.165, 1.54) is 12.1 Å². The number of aromatic nitrogens is 2. The van der Waals surface area contributed by atoms with Crippen LogP contribution in [0.2, 0.25) is 0 Å². The number of rotatable bonds is 5. The van der Waals surface area contributed by atoms with Crippen LogP contribution in [0.3, 0.4) is 0 Å². The zero-order chi connectivity index (χ0) is 24.4. The number of benzene rings is 2. The minimum atomic E-state index is -3.53. The van der Waals surface area contributed by atoms with Crippen LogP contribution in [0.25, 0.3) is 11.3 Å². The molecule has 3 aromatic rings. The maximum Gasteiger partial charge on any atom is 0.243 e. The van der Waals surface area contributed by atoms with Crippen molar-refractivity contribution in [1.29, 1.82) is 0 Å². The standard InChI is InChI=1S/C26H30FN5O2S/c1-20-5-6-21(19-25(20)35(33,34)32-13-3-2-4-14-32)24-11-12-26(29-28-24)31-17-15-30(16-18-31)23-9-7-22(27)8-10-23/h5-12,19H,2-4,13-18H2,1H3. The highest BCUT2D eigenvalue weighted by Gasteiger charge is 2.28. The maximum absolute atomic E-state index is 13.3. The van der Waals surface area contributed by atoms with Gasteiger partial charge in [0.2, 0.25) is 10.0 Å². The zero-order valence-electron chi connectivity index (χ0n) is 19.9. The van der Waals surface area contributed by atoms with Crippen LogP contribution < -0.4 is 9.80 Å². The summed E-state index contributed by atoms with van der Waals surface area (Å²) >= 11 is 0. The number of piperidine rings is 1. The van der Waals surface area contributed by atoms with Crippen molar-refractivity contribution in [1.82, 2.24) is 14.5 Å². The van der Waals surface area contributed by atoms with Gasteiger partial charge in [-0.15, -0.1) is 10.2 Å². The van der Waals surface area contributed by atoms with Crippen molar-refractivity contribution in [3.8, 4) is 11.3 Å². The van der Waals surface area contributed by atoms with Gasteiger partial charge in [-0.2, -0.15) is 4.31 Å². The summed E-state index contributed by atoms with van der Waals surface area (Å²) in [7, 11) is -3.53. The highest BCUT2D eigenvalue weighted by molar-refractivity contribution is 7.89. The molecule has 2 saturated heterocycles. The van der Waals surface area contributed by atoms with Crippen molar-refractivity contribution in [3.05, 3.63) is 66.0 Å². The van der Waals surface area contributed by atoms with Gasteiger partial charge >= 0.3 is 0 Å². The molecule has 2 aromatic carbocycles. The van der Waals surface area contributed by atoms with E-state index in [1.807, 2.05) is 31.2 Å². The van der Waals surface area contributed by atoms with Gasteiger partial charge in [-0.05, 0) is 67.8 Å². The van der Waals surface area contributed by atoms with Gasteiger partial charge in [0.25, 0.3) is 0 Å². The average molecular weight is 496 g/mol. The molecular weight excluding hydrogens is 465 g/mol. The summed E-state index contributed by atoms with van der Waals surface area (Å²) in [4.78, 5) is 4.76. The first-order valence-electron chi connectivity index (χ1n) is 12.1. The van der Waals surface area contributed by atoms with E-state index in [-0.39, 0.29) is 5.82 Å². The predicted molar refractivity (Wildman–Crippen MR) is 136 cm³/mol. The summed E-state index contributed by atoms with van der Waals surface area (Å²) < 4.78 is 41.3. The minimum absolute atomic E-state index is 0.229. The van der Waals surface area contributed by atoms with Gasteiger partial charge in [0.05, 0.1) is 10.6 Å². The Bertz CT molecular complexity index is 1270. The Kier molecular flexibility index (Phi) is 6.71. The third-order valence-electron chi connectivity index (χ3n) is 6.86. The first kappa shape index (κ1) is 23.7. The summed E-state index contributed by atoms with van der Waals surface area (Å²) in [6, 6.07) is 15.9. The van der Waals surface area contributed by atoms with E-state index in [9.17, 15) is 12.8 Å². The molecule has 0 unspecified atom stereocenters. The second kappa shape index (κ2) is 9.91. The molecular formula is C26H30FN5O2S. The molecule has 0 saturated carbocycles. The third kappa shape index (κ3) is 5.01. The van der Waals surface area contributed by atoms with Crippen LogP contribution in [0.15, 0.2) is 59.5 Å². The number of piperazine rings is 1. The van der Waals surface area contributed by atoms with Crippen molar-refractivity contribution in [2.75, 3.05) is 49.1 Å². The average Bonchev–Trinajstić information content (AvgIpc) is 2.90. The molecule has 9 heteroatoms. The largest absolute Gasteiger partial charge is 0.368 e. The summed E-state index contributed by atoms with van der Waals surface area (Å²) in [5, 5.41) is 8.86. The summed E-state index contributed by atoms with van der Waals surface area (Å²) in [6.45, 7) is 6.18. The summed E-state index contributed by atoms with van der Waals surface area (Å²) in [5.74, 6) is 0.563. The van der Waals surface area contributed by atoms with Gasteiger partial charge in [0.1, 0.15) is 5.82 Å². The summed E-state index contributed by atoms with van der Waals surface area (Å²) in [5.41, 5.74) is 3.14. The third-order valence-corrected chi connectivity index (χ3v) is 8.90. The molecule has 7 nitrogen and oxygen atoms in total. The van der Waals surface area contributed by atoms with E-state index in [0.29, 0.717) is 23.7 Å². The number of anilines is 2. The molecule has 0 aliphatic carbocycles. The fraction of sp³-hybridized carbons (Fsp3) is 0.385. The van der Waals surface area contributed by atoms with E-state index in [4.69, 9.17) is 0 Å². The lowest BCUT2D eigenvalue weighted by atomic mass is 10.1. The Balaban J connectivity index is 1.29. The molecule has 2 aliphatic rings. The number of sulfonamides is 1. The fourth-order valence-corrected chi connectivity index (χ4v) is 6.54. The van der Waals surface area contributed by atoms with Gasteiger partial charge in [-0.1, -0.05) is 18.6 Å². The Morgan fingerprint density at radius 1 is 0.771 bits per heavy atom. The van der Waals surface area contributed by atoms with E-state index in [1.54, 1.807) is 22.5 Å². The van der Waals surface area contributed by atoms with Crippen molar-refractivity contribution in [2.24, 2.45) is 0 Å². The maximum atomic E-state index is 13.3. The smallest absolute Gasteiger partial charge is 0.243 e. The Morgan fingerprint density at radius 3 is 2.11 bits per heavy atom. The molecule has 2 aliphatic heterocycles. The molecule has 3 heterocycles. The van der Waals surface area contributed by atoms with Crippen molar-refractivity contribution in [3.63, 3.8) is 0 Å². The predicted octanol–water partition coefficient (Wildman–Crippen LogP) is 4.09. The topological polar surface area (TPSA) is 69.6 Å². The molecule has 2 fully saturated rings. The first-order chi connectivity index (χ1) is 16.9. The molecule has 0 amide bonds. The summed E-state index contributed by atoms with van der Waals surface area (Å²) in [6.07, 6.45) is 2.89. The van der Waals surface area contributed by atoms with Crippen LogP contribution in [0.4, 0.5) is 15.9 Å². The van der Waals surface area contributed by atoms with Gasteiger partial charge in [-0.25, -0.2) is 12.8 Å². The number of aryl methyl sites for hydroxylation is 1. The van der Waals surface area contributed by atoms with Crippen LogP contribution in [-0.2, 0) is 10.0 Å². The zero-order valence-corrected chi connectivity index (χ0v) is 20.7. The lowest BCUT2D eigenvalue weighted by Gasteiger charge is -2.36. The molecule has 1 aromatic heterocycles. The van der Waals surface area contributed by atoms with E-state index < -0.39 is 10.0 Å². The number of hydrogen-bond donors (Lipinski definition) is 0. The van der Waals surface area contributed by atoms with Crippen LogP contribution in [0.1, 0.15) is 24.8 Å². The highest BCUT2D eigenvalue weighted by Crippen LogP contribution is 2.28. The highest BCUT2D eigenvalue weighted by atomic mass is 32.2. The molecule has 0 N–H and O–H groups in total. The van der Waals surface area contributed by atoms with E-state index in [0.717, 1.165) is 68.1 Å². The second-order valence-corrected chi connectivity index (χ2v) is 11.1. The Morgan fingerprint density at radius 2 is 1.46 bits per heavy atom. The molecule has 0 bridgehead atoms. The van der Waals surface area contributed by atoms with Crippen LogP contribution in [0, 0.1) is 12.7 Å². The van der Waals surface area contributed by atoms with E-state index >= 15 is 0 Å². The number of halogens is 1. The van der Waals surface area contributed by atoms with E-state index in [2.05, 4.69) is 20.0 Å². The number of nitrogens with zero attached hydrogens (tertiary/aromatic N) is 5. The normalized spacial score (nSPS) is 17.5. The van der Waals surface area contributed by atoms with Gasteiger partial charge < -0.3 is 9.80 Å². The van der Waals surface area contributed by atoms with Crippen molar-refractivity contribution >= 4 is 21.5 Å². The molecule has 35 heavy (non-hydrogen) atoms. The Hall–Kier alpha value is -3.04. The SMILES string of the molecule is Cc1ccc(-c2ccc(N3CCN(c4ccc(F)cc4)CC3)nn2)cc1S(=O)(=O)N1CCCCC1. The first-order valence-corrected chi connectivity index (χ1v) is 13.6. The number of hydrogen-bond acceptors (Lipinski definition) is 6. The Labute approximate surface area is 206 Å². The van der Waals surface area contributed by atoms with Crippen LogP contribution >= 0.6 is 0 Å². The second-order valence-electron chi connectivity index (χ2n) is 9.17. The molecule has 0 radical (unpaired) electrons. The lowest BCUT2D eigenvalue weighted by molar-refractivity contribution is 0.346. The van der Waals surface area contributed by atoms with Gasteiger partial charge in [-0.3, -0.25) is 0 Å². The van der Waals surface area contributed by atoms with Crippen molar-refractivity contribution < 1.29 is 12.8 Å². The molecule has 0 spiro atoms.